The van der Waals surface area contributed by atoms with Crippen LogP contribution in [-0.4, -0.2) is 58.1 Å². The molecule has 2 heterocycles. The normalized spacial score (nSPS) is 20.9. The SMILES string of the molecule is CCCCCCCCCCCC(=O)N1CCC[C@H]1C(=O)O.O=C(O)[C@@H]1CCCN1. The Morgan fingerprint density at radius 3 is 1.97 bits per heavy atom. The van der Waals surface area contributed by atoms with Crippen molar-refractivity contribution in [3.05, 3.63) is 0 Å². The third-order valence-electron chi connectivity index (χ3n) is 5.71. The number of amides is 1. The zero-order valence-electron chi connectivity index (χ0n) is 18.0. The van der Waals surface area contributed by atoms with Gasteiger partial charge in [0.25, 0.3) is 0 Å². The summed E-state index contributed by atoms with van der Waals surface area (Å²) in [6.45, 7) is 3.70. The minimum absolute atomic E-state index is 0.0304. The zero-order chi connectivity index (χ0) is 21.5. The quantitative estimate of drug-likeness (QED) is 0.421. The smallest absolute Gasteiger partial charge is 0.326 e. The molecule has 2 fully saturated rings. The van der Waals surface area contributed by atoms with Crippen LogP contribution >= 0.6 is 0 Å². The van der Waals surface area contributed by atoms with E-state index in [0.29, 0.717) is 19.4 Å². The molecule has 0 spiro atoms. The van der Waals surface area contributed by atoms with Gasteiger partial charge in [-0.15, -0.1) is 0 Å². The molecule has 0 aromatic carbocycles. The van der Waals surface area contributed by atoms with Gasteiger partial charge in [-0.25, -0.2) is 4.79 Å². The predicted octanol–water partition coefficient (Wildman–Crippen LogP) is 3.81. The van der Waals surface area contributed by atoms with Crippen molar-refractivity contribution in [2.24, 2.45) is 0 Å². The highest BCUT2D eigenvalue weighted by atomic mass is 16.4. The number of carbonyl (C=O) groups is 3. The first-order valence-corrected chi connectivity index (χ1v) is 11.5. The molecular formula is C22H40N2O5. The summed E-state index contributed by atoms with van der Waals surface area (Å²) < 4.78 is 0. The summed E-state index contributed by atoms with van der Waals surface area (Å²) in [4.78, 5) is 34.8. The number of nitrogens with zero attached hydrogens (tertiary/aromatic N) is 1. The van der Waals surface area contributed by atoms with Gasteiger partial charge in [0.2, 0.25) is 5.91 Å². The van der Waals surface area contributed by atoms with Gasteiger partial charge in [0.15, 0.2) is 0 Å². The molecule has 0 unspecified atom stereocenters. The molecule has 0 bridgehead atoms. The fourth-order valence-corrected chi connectivity index (χ4v) is 3.95. The molecule has 168 valence electrons. The minimum atomic E-state index is -0.854. The number of likely N-dealkylation sites (tertiary alicyclic amines) is 1. The Morgan fingerprint density at radius 2 is 1.48 bits per heavy atom. The second-order valence-electron chi connectivity index (χ2n) is 8.15. The molecule has 2 rings (SSSR count). The van der Waals surface area contributed by atoms with E-state index >= 15 is 0 Å². The Hall–Kier alpha value is -1.63. The highest BCUT2D eigenvalue weighted by Gasteiger charge is 2.33. The lowest BCUT2D eigenvalue weighted by molar-refractivity contribution is -0.148. The molecule has 2 atom stereocenters. The van der Waals surface area contributed by atoms with Crippen LogP contribution in [0.25, 0.3) is 0 Å². The maximum atomic E-state index is 12.0. The number of hydrogen-bond acceptors (Lipinski definition) is 4. The number of hydrogen-bond donors (Lipinski definition) is 3. The summed E-state index contributed by atoms with van der Waals surface area (Å²) in [7, 11) is 0. The number of carbonyl (C=O) groups excluding carboxylic acids is 1. The summed E-state index contributed by atoms with van der Waals surface area (Å²) in [5.41, 5.74) is 0. The van der Waals surface area contributed by atoms with E-state index < -0.39 is 18.0 Å². The highest BCUT2D eigenvalue weighted by molar-refractivity contribution is 5.84. The van der Waals surface area contributed by atoms with Gasteiger partial charge >= 0.3 is 11.9 Å². The molecule has 2 saturated heterocycles. The number of aliphatic carboxylic acids is 2. The Kier molecular flexibility index (Phi) is 13.4. The summed E-state index contributed by atoms with van der Waals surface area (Å²) in [5.74, 6) is -1.54. The van der Waals surface area contributed by atoms with E-state index in [1.165, 1.54) is 44.9 Å². The van der Waals surface area contributed by atoms with Crippen molar-refractivity contribution in [1.29, 1.82) is 0 Å². The van der Waals surface area contributed by atoms with Crippen LogP contribution in [0.15, 0.2) is 0 Å². The molecule has 29 heavy (non-hydrogen) atoms. The lowest BCUT2D eigenvalue weighted by Crippen LogP contribution is -2.40. The molecule has 0 aliphatic carbocycles. The number of carboxylic acid groups (broad SMARTS) is 2. The molecular weight excluding hydrogens is 372 g/mol. The van der Waals surface area contributed by atoms with E-state index in [-0.39, 0.29) is 11.9 Å². The van der Waals surface area contributed by atoms with Crippen LogP contribution in [0.1, 0.15) is 96.8 Å². The van der Waals surface area contributed by atoms with Gasteiger partial charge in [-0.3, -0.25) is 9.59 Å². The molecule has 7 nitrogen and oxygen atoms in total. The van der Waals surface area contributed by atoms with Crippen molar-refractivity contribution in [3.8, 4) is 0 Å². The lowest BCUT2D eigenvalue weighted by Gasteiger charge is -2.21. The first-order valence-electron chi connectivity index (χ1n) is 11.5. The topological polar surface area (TPSA) is 107 Å². The van der Waals surface area contributed by atoms with Gasteiger partial charge in [0.05, 0.1) is 0 Å². The van der Waals surface area contributed by atoms with Crippen molar-refractivity contribution in [2.45, 2.75) is 109 Å². The molecule has 0 aromatic heterocycles. The van der Waals surface area contributed by atoms with Crippen molar-refractivity contribution in [3.63, 3.8) is 0 Å². The molecule has 3 N–H and O–H groups in total. The summed E-state index contributed by atoms with van der Waals surface area (Å²) >= 11 is 0. The summed E-state index contributed by atoms with van der Waals surface area (Å²) in [6.07, 6.45) is 14.8. The van der Waals surface area contributed by atoms with Gasteiger partial charge in [-0.05, 0) is 38.6 Å². The molecule has 2 aliphatic heterocycles. The average molecular weight is 413 g/mol. The maximum absolute atomic E-state index is 12.0. The maximum Gasteiger partial charge on any atom is 0.326 e. The van der Waals surface area contributed by atoms with Crippen LogP contribution in [0.2, 0.25) is 0 Å². The average Bonchev–Trinajstić information content (AvgIpc) is 3.38. The Labute approximate surface area is 175 Å². The first kappa shape index (κ1) is 25.4. The fourth-order valence-electron chi connectivity index (χ4n) is 3.95. The number of nitrogens with one attached hydrogen (secondary N) is 1. The molecule has 7 heteroatoms. The van der Waals surface area contributed by atoms with E-state index in [0.717, 1.165) is 38.6 Å². The van der Waals surface area contributed by atoms with Crippen LogP contribution in [-0.2, 0) is 14.4 Å². The Morgan fingerprint density at radius 1 is 0.862 bits per heavy atom. The molecule has 2 aliphatic rings. The second-order valence-corrected chi connectivity index (χ2v) is 8.15. The Bertz CT molecular complexity index is 492. The first-order chi connectivity index (χ1) is 14.0. The minimum Gasteiger partial charge on any atom is -0.480 e. The molecule has 0 aromatic rings. The number of rotatable bonds is 12. The van der Waals surface area contributed by atoms with Gasteiger partial charge < -0.3 is 20.4 Å². The van der Waals surface area contributed by atoms with Crippen LogP contribution in [0, 0.1) is 0 Å². The molecule has 1 amide bonds. The van der Waals surface area contributed by atoms with Crippen molar-refractivity contribution >= 4 is 17.8 Å². The largest absolute Gasteiger partial charge is 0.480 e. The van der Waals surface area contributed by atoms with Crippen LogP contribution in [0.5, 0.6) is 0 Å². The van der Waals surface area contributed by atoms with E-state index in [2.05, 4.69) is 12.2 Å². The van der Waals surface area contributed by atoms with Gasteiger partial charge in [-0.1, -0.05) is 58.3 Å². The van der Waals surface area contributed by atoms with Gasteiger partial charge in [-0.2, -0.15) is 0 Å². The third-order valence-corrected chi connectivity index (χ3v) is 5.71. The summed E-state index contributed by atoms with van der Waals surface area (Å²) in [5, 5.41) is 20.3. The second kappa shape index (κ2) is 15.2. The Balaban J connectivity index is 0.000000436. The van der Waals surface area contributed by atoms with Crippen molar-refractivity contribution in [1.82, 2.24) is 10.2 Å². The number of carboxylic acids is 2. The molecule has 0 saturated carbocycles. The van der Waals surface area contributed by atoms with Crippen LogP contribution < -0.4 is 5.32 Å². The van der Waals surface area contributed by atoms with Crippen molar-refractivity contribution < 1.29 is 24.6 Å². The number of unbranched alkanes of at least 4 members (excludes halogenated alkanes) is 8. The summed E-state index contributed by atoms with van der Waals surface area (Å²) in [6, 6.07) is -0.842. The van der Waals surface area contributed by atoms with E-state index in [1.54, 1.807) is 4.90 Å². The van der Waals surface area contributed by atoms with E-state index in [1.807, 2.05) is 0 Å². The lowest BCUT2D eigenvalue weighted by atomic mass is 10.1. The molecule has 0 radical (unpaired) electrons. The zero-order valence-corrected chi connectivity index (χ0v) is 18.0. The predicted molar refractivity (Wildman–Crippen MR) is 113 cm³/mol. The van der Waals surface area contributed by atoms with Crippen molar-refractivity contribution in [2.75, 3.05) is 13.1 Å². The van der Waals surface area contributed by atoms with Gasteiger partial charge in [0.1, 0.15) is 12.1 Å². The third kappa shape index (κ3) is 10.6. The van der Waals surface area contributed by atoms with Crippen LogP contribution in [0.4, 0.5) is 0 Å². The standard InChI is InChI=1S/C17H31NO3.C5H9NO2/c1-2-3-4-5-6-7-8-9-10-13-16(19)18-14-11-12-15(18)17(20)21;7-5(8)4-2-1-3-6-4/h15H,2-14H2,1H3,(H,20,21);4,6H,1-3H2,(H,7,8)/t15-;4-/m00/s1. The fraction of sp³-hybridized carbons (Fsp3) is 0.864. The van der Waals surface area contributed by atoms with E-state index in [9.17, 15) is 14.4 Å². The van der Waals surface area contributed by atoms with Crippen LogP contribution in [0.3, 0.4) is 0 Å². The monoisotopic (exact) mass is 412 g/mol. The van der Waals surface area contributed by atoms with Gasteiger partial charge in [0, 0.05) is 13.0 Å². The van der Waals surface area contributed by atoms with E-state index in [4.69, 9.17) is 10.2 Å². The highest BCUT2D eigenvalue weighted by Crippen LogP contribution is 2.19.